The van der Waals surface area contributed by atoms with E-state index in [4.69, 9.17) is 16.6 Å². The highest BCUT2D eigenvalue weighted by atomic mass is 15.4. The van der Waals surface area contributed by atoms with E-state index in [1.54, 1.807) is 4.68 Å². The summed E-state index contributed by atoms with van der Waals surface area (Å²) in [5.41, 5.74) is 7.42. The smallest absolute Gasteiger partial charge is 0.146 e. The molecule has 1 heterocycles. The van der Waals surface area contributed by atoms with Crippen molar-refractivity contribution in [2.75, 3.05) is 11.6 Å². The molecule has 5 rings (SSSR count). The first-order chi connectivity index (χ1) is 9.67. The number of imidazole rings is 1. The average molecular weight is 274 g/mol. The van der Waals surface area contributed by atoms with E-state index in [9.17, 15) is 0 Å². The van der Waals surface area contributed by atoms with E-state index in [1.165, 1.54) is 32.1 Å². The molecule has 4 aliphatic rings. The van der Waals surface area contributed by atoms with Gasteiger partial charge in [-0.3, -0.25) is 0 Å². The second-order valence-corrected chi connectivity index (χ2v) is 7.38. The number of anilines is 1. The summed E-state index contributed by atoms with van der Waals surface area (Å²) in [6.07, 6.45) is 9.08. The van der Waals surface area contributed by atoms with Gasteiger partial charge in [0.2, 0.25) is 0 Å². The van der Waals surface area contributed by atoms with Crippen molar-refractivity contribution >= 4 is 5.82 Å². The van der Waals surface area contributed by atoms with Crippen LogP contribution in [0.4, 0.5) is 5.82 Å². The number of aromatic nitrogens is 2. The minimum absolute atomic E-state index is 0.586. The van der Waals surface area contributed by atoms with E-state index < -0.39 is 0 Å². The molecule has 0 atom stereocenters. The van der Waals surface area contributed by atoms with E-state index in [0.29, 0.717) is 5.92 Å². The minimum Gasteiger partial charge on any atom is -0.382 e. The number of nitrogens with zero attached hydrogens (tertiary/aromatic N) is 2. The van der Waals surface area contributed by atoms with Gasteiger partial charge in [0.1, 0.15) is 11.6 Å². The van der Waals surface area contributed by atoms with Gasteiger partial charge in [-0.15, -0.1) is 0 Å². The number of nitrogen functional groups attached to an aromatic ring is 2. The summed E-state index contributed by atoms with van der Waals surface area (Å²) in [6.45, 7) is 2.16. The van der Waals surface area contributed by atoms with Crippen LogP contribution in [-0.4, -0.2) is 9.66 Å². The van der Waals surface area contributed by atoms with E-state index >= 15 is 0 Å². The fourth-order valence-electron chi connectivity index (χ4n) is 5.53. The van der Waals surface area contributed by atoms with Crippen molar-refractivity contribution in [3.63, 3.8) is 0 Å². The molecule has 1 aromatic rings. The molecule has 20 heavy (non-hydrogen) atoms. The van der Waals surface area contributed by atoms with Gasteiger partial charge in [0.25, 0.3) is 0 Å². The fourth-order valence-corrected chi connectivity index (χ4v) is 5.53. The molecular weight excluding hydrogens is 248 g/mol. The third kappa shape index (κ3) is 1.69. The molecule has 0 amide bonds. The van der Waals surface area contributed by atoms with Crippen LogP contribution in [0.25, 0.3) is 0 Å². The summed E-state index contributed by atoms with van der Waals surface area (Å²) in [4.78, 5) is 4.86. The predicted molar refractivity (Wildman–Crippen MR) is 80.6 cm³/mol. The maximum atomic E-state index is 6.29. The van der Waals surface area contributed by atoms with Crippen LogP contribution in [0.5, 0.6) is 0 Å². The summed E-state index contributed by atoms with van der Waals surface area (Å²) in [5, 5.41) is 0. The van der Waals surface area contributed by atoms with Gasteiger partial charge in [-0.1, -0.05) is 6.92 Å². The van der Waals surface area contributed by atoms with E-state index in [2.05, 4.69) is 6.92 Å². The SMILES string of the molecule is CCCc1nc(C2C3CC4CC(C3)CC2C4)c(N)n1N. The summed E-state index contributed by atoms with van der Waals surface area (Å²) in [6, 6.07) is 0. The molecule has 0 aromatic carbocycles. The first kappa shape index (κ1) is 12.5. The molecule has 0 radical (unpaired) electrons. The molecule has 1 aromatic heterocycles. The van der Waals surface area contributed by atoms with Crippen LogP contribution in [-0.2, 0) is 6.42 Å². The third-order valence-corrected chi connectivity index (χ3v) is 6.07. The molecule has 4 fully saturated rings. The van der Waals surface area contributed by atoms with Crippen LogP contribution < -0.4 is 11.6 Å². The minimum atomic E-state index is 0.586. The normalized spacial score (nSPS) is 38.5. The molecule has 0 spiro atoms. The molecule has 0 unspecified atom stereocenters. The Kier molecular flexibility index (Phi) is 2.76. The Morgan fingerprint density at radius 2 is 1.70 bits per heavy atom. The van der Waals surface area contributed by atoms with Crippen molar-refractivity contribution in [3.8, 4) is 0 Å². The number of rotatable bonds is 3. The lowest BCUT2D eigenvalue weighted by Crippen LogP contribution is -2.44. The molecule has 4 N–H and O–H groups in total. The van der Waals surface area contributed by atoms with Crippen LogP contribution in [0.1, 0.15) is 62.9 Å². The number of nitrogens with two attached hydrogens (primary N) is 2. The van der Waals surface area contributed by atoms with Gasteiger partial charge in [0, 0.05) is 12.3 Å². The molecular formula is C16H26N4. The van der Waals surface area contributed by atoms with Gasteiger partial charge in [-0.25, -0.2) is 9.66 Å². The van der Waals surface area contributed by atoms with Crippen molar-refractivity contribution in [2.45, 2.75) is 57.8 Å². The zero-order chi connectivity index (χ0) is 13.9. The monoisotopic (exact) mass is 274 g/mol. The molecule has 4 bridgehead atoms. The van der Waals surface area contributed by atoms with Crippen LogP contribution >= 0.6 is 0 Å². The van der Waals surface area contributed by atoms with Gasteiger partial charge in [-0.05, 0) is 62.2 Å². The van der Waals surface area contributed by atoms with Gasteiger partial charge in [-0.2, -0.15) is 0 Å². The number of hydrogen-bond acceptors (Lipinski definition) is 3. The van der Waals surface area contributed by atoms with E-state index in [1.807, 2.05) is 0 Å². The summed E-state index contributed by atoms with van der Waals surface area (Å²) in [5.74, 6) is 12.0. The van der Waals surface area contributed by atoms with Gasteiger partial charge < -0.3 is 11.6 Å². The lowest BCUT2D eigenvalue weighted by Gasteiger charge is -2.54. The van der Waals surface area contributed by atoms with Crippen LogP contribution in [0.2, 0.25) is 0 Å². The van der Waals surface area contributed by atoms with E-state index in [0.717, 1.165) is 53.8 Å². The Bertz CT molecular complexity index is 491. The largest absolute Gasteiger partial charge is 0.382 e. The molecule has 4 saturated carbocycles. The highest BCUT2D eigenvalue weighted by Crippen LogP contribution is 2.60. The molecule has 0 aliphatic heterocycles. The number of hydrogen-bond donors (Lipinski definition) is 2. The third-order valence-electron chi connectivity index (χ3n) is 6.07. The van der Waals surface area contributed by atoms with Gasteiger partial charge >= 0.3 is 0 Å². The predicted octanol–water partition coefficient (Wildman–Crippen LogP) is 2.67. The Labute approximate surface area is 120 Å². The standard InChI is InChI=1S/C16H26N4/c1-2-3-13-19-15(16(17)20(13)18)14-11-5-9-4-10(7-11)8-12(14)6-9/h9-12,14H,2-8,17-18H2,1H3. The van der Waals surface area contributed by atoms with Crippen LogP contribution in [0, 0.1) is 23.7 Å². The van der Waals surface area contributed by atoms with Crippen molar-refractivity contribution in [3.05, 3.63) is 11.5 Å². The fraction of sp³-hybridized carbons (Fsp3) is 0.812. The Balaban J connectivity index is 1.69. The van der Waals surface area contributed by atoms with Crippen molar-refractivity contribution < 1.29 is 0 Å². The quantitative estimate of drug-likeness (QED) is 0.833. The highest BCUT2D eigenvalue weighted by molar-refractivity contribution is 5.42. The topological polar surface area (TPSA) is 69.9 Å². The highest BCUT2D eigenvalue weighted by Gasteiger charge is 2.50. The maximum absolute atomic E-state index is 6.29. The van der Waals surface area contributed by atoms with Gasteiger partial charge in [0.15, 0.2) is 0 Å². The second kappa shape index (κ2) is 4.40. The average Bonchev–Trinajstić information content (AvgIpc) is 2.67. The summed E-state index contributed by atoms with van der Waals surface area (Å²) >= 11 is 0. The van der Waals surface area contributed by atoms with E-state index in [-0.39, 0.29) is 0 Å². The maximum Gasteiger partial charge on any atom is 0.146 e. The van der Waals surface area contributed by atoms with Crippen LogP contribution in [0.15, 0.2) is 0 Å². The van der Waals surface area contributed by atoms with Crippen LogP contribution in [0.3, 0.4) is 0 Å². The summed E-state index contributed by atoms with van der Waals surface area (Å²) < 4.78 is 1.64. The van der Waals surface area contributed by atoms with Crippen molar-refractivity contribution in [1.29, 1.82) is 0 Å². The van der Waals surface area contributed by atoms with Crippen molar-refractivity contribution in [2.24, 2.45) is 23.7 Å². The molecule has 0 saturated heterocycles. The first-order valence-electron chi connectivity index (χ1n) is 8.29. The molecule has 110 valence electrons. The lowest BCUT2D eigenvalue weighted by molar-refractivity contribution is -0.00382. The number of aryl methyl sites for hydroxylation is 1. The molecule has 4 aliphatic carbocycles. The zero-order valence-electron chi connectivity index (χ0n) is 12.4. The Morgan fingerprint density at radius 3 is 2.25 bits per heavy atom. The summed E-state index contributed by atoms with van der Waals surface area (Å²) in [7, 11) is 0. The lowest BCUT2D eigenvalue weighted by atomic mass is 9.51. The first-order valence-corrected chi connectivity index (χ1v) is 8.29. The second-order valence-electron chi connectivity index (χ2n) is 7.38. The van der Waals surface area contributed by atoms with Crippen molar-refractivity contribution in [1.82, 2.24) is 9.66 Å². The zero-order valence-corrected chi connectivity index (χ0v) is 12.4. The molecule has 4 heteroatoms. The molecule has 4 nitrogen and oxygen atoms in total. The van der Waals surface area contributed by atoms with Gasteiger partial charge in [0.05, 0.1) is 5.69 Å². The Morgan fingerprint density at radius 1 is 1.10 bits per heavy atom. The Hall–Kier alpha value is -1.19.